The maximum atomic E-state index is 12.7. The summed E-state index contributed by atoms with van der Waals surface area (Å²) < 4.78 is 5.76. The van der Waals surface area contributed by atoms with Gasteiger partial charge in [-0.2, -0.15) is 0 Å². The lowest BCUT2D eigenvalue weighted by Crippen LogP contribution is -2.36. The summed E-state index contributed by atoms with van der Waals surface area (Å²) in [6, 6.07) is 18.8. The van der Waals surface area contributed by atoms with E-state index in [0.29, 0.717) is 32.1 Å². The van der Waals surface area contributed by atoms with E-state index in [-0.39, 0.29) is 11.5 Å². The highest BCUT2D eigenvalue weighted by molar-refractivity contribution is 8.18. The molecule has 1 saturated heterocycles. The van der Waals surface area contributed by atoms with E-state index in [0.717, 1.165) is 22.2 Å². The van der Waals surface area contributed by atoms with Gasteiger partial charge in [0.05, 0.1) is 4.91 Å². The number of halogens is 3. The fraction of sp³-hybridized carbons (Fsp3) is 0.0800. The van der Waals surface area contributed by atoms with Crippen molar-refractivity contribution in [2.24, 2.45) is 0 Å². The Kier molecular flexibility index (Phi) is 8.03. The van der Waals surface area contributed by atoms with Gasteiger partial charge in [0.2, 0.25) is 5.91 Å². The van der Waals surface area contributed by atoms with E-state index in [1.54, 1.807) is 72.8 Å². The number of anilines is 1. The second kappa shape index (κ2) is 11.2. The molecule has 178 valence electrons. The van der Waals surface area contributed by atoms with Gasteiger partial charge in [0, 0.05) is 26.3 Å². The van der Waals surface area contributed by atoms with Gasteiger partial charge in [-0.25, -0.2) is 0 Å². The van der Waals surface area contributed by atoms with Gasteiger partial charge in [-0.1, -0.05) is 59.1 Å². The molecule has 0 aromatic heterocycles. The van der Waals surface area contributed by atoms with Gasteiger partial charge >= 0.3 is 0 Å². The van der Waals surface area contributed by atoms with E-state index in [9.17, 15) is 14.4 Å². The summed E-state index contributed by atoms with van der Waals surface area (Å²) in [5, 5.41) is 3.64. The maximum Gasteiger partial charge on any atom is 0.294 e. The maximum absolute atomic E-state index is 12.7. The molecule has 1 aliphatic rings. The average Bonchev–Trinajstić information content (AvgIpc) is 3.07. The Bertz CT molecular complexity index is 1330. The van der Waals surface area contributed by atoms with Crippen LogP contribution in [0.1, 0.15) is 11.1 Å². The van der Waals surface area contributed by atoms with E-state index >= 15 is 0 Å². The molecular weight excluding hydrogens is 531 g/mol. The monoisotopic (exact) mass is 546 g/mol. The summed E-state index contributed by atoms with van der Waals surface area (Å²) in [5.41, 5.74) is 1.98. The van der Waals surface area contributed by atoms with Crippen LogP contribution in [0.2, 0.25) is 15.1 Å². The Balaban J connectivity index is 1.36. The largest absolute Gasteiger partial charge is 0.489 e. The molecule has 3 aromatic carbocycles. The molecule has 0 unspecified atom stereocenters. The smallest absolute Gasteiger partial charge is 0.294 e. The Labute approximate surface area is 220 Å². The van der Waals surface area contributed by atoms with Crippen LogP contribution in [-0.4, -0.2) is 28.5 Å². The fourth-order valence-electron chi connectivity index (χ4n) is 3.16. The zero-order valence-electron chi connectivity index (χ0n) is 18.0. The van der Waals surface area contributed by atoms with Crippen molar-refractivity contribution >= 4 is 75.4 Å². The van der Waals surface area contributed by atoms with E-state index in [2.05, 4.69) is 5.32 Å². The number of rotatable bonds is 7. The number of benzene rings is 3. The molecule has 1 aliphatic heterocycles. The third-order valence-corrected chi connectivity index (χ3v) is 6.60. The van der Waals surface area contributed by atoms with Crippen LogP contribution in [0.5, 0.6) is 5.75 Å². The third kappa shape index (κ3) is 6.58. The SMILES string of the molecule is O=C(CN1C(=O)S/C(=C/c2ccc(OCc3ccc(Cl)cc3Cl)cc2)C1=O)Nc1cccc(Cl)c1. The van der Waals surface area contributed by atoms with Crippen molar-refractivity contribution in [3.63, 3.8) is 0 Å². The molecule has 0 spiro atoms. The standard InChI is InChI=1S/C25H17Cl3N2O4S/c26-17-2-1-3-19(11-17)29-23(31)13-30-24(32)22(35-25(30)33)10-15-4-8-20(9-5-15)34-14-16-6-7-18(27)12-21(16)28/h1-12H,13-14H2,(H,29,31)/b22-10+. The van der Waals surface area contributed by atoms with Gasteiger partial charge in [0.1, 0.15) is 18.9 Å². The zero-order chi connectivity index (χ0) is 24.9. The number of hydrogen-bond acceptors (Lipinski definition) is 5. The number of amides is 3. The predicted molar refractivity (Wildman–Crippen MR) is 140 cm³/mol. The van der Waals surface area contributed by atoms with Crippen molar-refractivity contribution in [3.05, 3.63) is 97.8 Å². The molecule has 0 bridgehead atoms. The number of carbonyl (C=O) groups is 3. The normalized spacial score (nSPS) is 14.5. The minimum atomic E-state index is -0.529. The lowest BCUT2D eigenvalue weighted by molar-refractivity contribution is -0.127. The summed E-state index contributed by atoms with van der Waals surface area (Å²) in [4.78, 5) is 38.5. The van der Waals surface area contributed by atoms with Crippen LogP contribution in [0, 0.1) is 0 Å². The van der Waals surface area contributed by atoms with Crippen molar-refractivity contribution < 1.29 is 19.1 Å². The topological polar surface area (TPSA) is 75.7 Å². The fourth-order valence-corrected chi connectivity index (χ4v) is 4.65. The Morgan fingerprint density at radius 3 is 2.43 bits per heavy atom. The minimum Gasteiger partial charge on any atom is -0.489 e. The molecule has 0 aliphatic carbocycles. The minimum absolute atomic E-state index is 0.229. The van der Waals surface area contributed by atoms with Gasteiger partial charge in [-0.05, 0) is 65.9 Å². The van der Waals surface area contributed by atoms with Crippen LogP contribution >= 0.6 is 46.6 Å². The molecule has 0 radical (unpaired) electrons. The summed E-state index contributed by atoms with van der Waals surface area (Å²) in [5.74, 6) is -0.420. The van der Waals surface area contributed by atoms with Crippen molar-refractivity contribution in [2.75, 3.05) is 11.9 Å². The van der Waals surface area contributed by atoms with Gasteiger partial charge in [0.25, 0.3) is 11.1 Å². The molecule has 6 nitrogen and oxygen atoms in total. The summed E-state index contributed by atoms with van der Waals surface area (Å²) in [6.07, 6.45) is 1.60. The second-order valence-corrected chi connectivity index (χ2v) is 9.69. The molecule has 0 atom stereocenters. The van der Waals surface area contributed by atoms with Crippen molar-refractivity contribution in [1.29, 1.82) is 0 Å². The Morgan fingerprint density at radius 2 is 1.71 bits per heavy atom. The first-order chi connectivity index (χ1) is 16.8. The average molecular weight is 548 g/mol. The highest BCUT2D eigenvalue weighted by atomic mass is 35.5. The summed E-state index contributed by atoms with van der Waals surface area (Å²) in [7, 11) is 0. The second-order valence-electron chi connectivity index (χ2n) is 7.42. The molecule has 1 fully saturated rings. The molecule has 1 N–H and O–H groups in total. The van der Waals surface area contributed by atoms with Crippen LogP contribution in [0.3, 0.4) is 0 Å². The number of nitrogens with one attached hydrogen (secondary N) is 1. The van der Waals surface area contributed by atoms with Crippen LogP contribution in [0.4, 0.5) is 10.5 Å². The molecule has 35 heavy (non-hydrogen) atoms. The predicted octanol–water partition coefficient (Wildman–Crippen LogP) is 6.90. The lowest BCUT2D eigenvalue weighted by atomic mass is 10.2. The summed E-state index contributed by atoms with van der Waals surface area (Å²) >= 11 is 18.8. The van der Waals surface area contributed by atoms with Crippen LogP contribution in [0.25, 0.3) is 6.08 Å². The van der Waals surface area contributed by atoms with Crippen LogP contribution < -0.4 is 10.1 Å². The number of hydrogen-bond donors (Lipinski definition) is 1. The first-order valence-corrected chi connectivity index (χ1v) is 12.2. The van der Waals surface area contributed by atoms with Gasteiger partial charge < -0.3 is 10.1 Å². The van der Waals surface area contributed by atoms with E-state index in [1.807, 2.05) is 0 Å². The number of ether oxygens (including phenoxy) is 1. The highest BCUT2D eigenvalue weighted by Gasteiger charge is 2.36. The van der Waals surface area contributed by atoms with E-state index in [4.69, 9.17) is 39.5 Å². The third-order valence-electron chi connectivity index (χ3n) is 4.87. The molecule has 10 heteroatoms. The number of nitrogens with zero attached hydrogens (tertiary/aromatic N) is 1. The first-order valence-electron chi connectivity index (χ1n) is 10.3. The van der Waals surface area contributed by atoms with Gasteiger partial charge in [-0.15, -0.1) is 0 Å². The molecule has 3 amide bonds. The van der Waals surface area contributed by atoms with E-state index in [1.165, 1.54) is 0 Å². The van der Waals surface area contributed by atoms with Crippen molar-refractivity contribution in [2.45, 2.75) is 6.61 Å². The number of carbonyl (C=O) groups excluding carboxylic acids is 3. The zero-order valence-corrected chi connectivity index (χ0v) is 21.0. The van der Waals surface area contributed by atoms with E-state index < -0.39 is 23.6 Å². The van der Waals surface area contributed by atoms with Gasteiger partial charge in [0.15, 0.2) is 0 Å². The molecule has 3 aromatic rings. The lowest BCUT2D eigenvalue weighted by Gasteiger charge is -2.12. The molecule has 4 rings (SSSR count). The van der Waals surface area contributed by atoms with Crippen molar-refractivity contribution in [3.8, 4) is 5.75 Å². The quantitative estimate of drug-likeness (QED) is 0.326. The molecule has 0 saturated carbocycles. The number of imide groups is 1. The Morgan fingerprint density at radius 1 is 0.971 bits per heavy atom. The molecule has 1 heterocycles. The first kappa shape index (κ1) is 25.1. The highest BCUT2D eigenvalue weighted by Crippen LogP contribution is 2.32. The van der Waals surface area contributed by atoms with Crippen LogP contribution in [-0.2, 0) is 16.2 Å². The molecular formula is C25H17Cl3N2O4S. The Hall–Kier alpha value is -2.97. The van der Waals surface area contributed by atoms with Crippen molar-refractivity contribution in [1.82, 2.24) is 4.90 Å². The van der Waals surface area contributed by atoms with Gasteiger partial charge in [-0.3, -0.25) is 19.3 Å². The summed E-state index contributed by atoms with van der Waals surface area (Å²) in [6.45, 7) is -0.125. The number of thioether (sulfide) groups is 1. The van der Waals surface area contributed by atoms with Crippen LogP contribution in [0.15, 0.2) is 71.6 Å².